The van der Waals surface area contributed by atoms with Crippen LogP contribution in [-0.2, 0) is 6.54 Å². The molecule has 2 nitrogen and oxygen atoms in total. The molecule has 1 aromatic carbocycles. The van der Waals surface area contributed by atoms with E-state index in [9.17, 15) is 0 Å². The molecule has 1 aromatic rings. The van der Waals surface area contributed by atoms with Gasteiger partial charge in [-0.1, -0.05) is 24.3 Å². The summed E-state index contributed by atoms with van der Waals surface area (Å²) < 4.78 is 0. The molecule has 0 aliphatic carbocycles. The lowest BCUT2D eigenvalue weighted by Crippen LogP contribution is -2.35. The Hall–Kier alpha value is -1.28. The summed E-state index contributed by atoms with van der Waals surface area (Å²) in [5.41, 5.74) is 2.72. The van der Waals surface area contributed by atoms with Crippen molar-refractivity contribution in [3.63, 3.8) is 0 Å². The number of anilines is 1. The first-order chi connectivity index (χ1) is 7.33. The molecule has 80 valence electrons. The summed E-state index contributed by atoms with van der Waals surface area (Å²) >= 11 is 0. The van der Waals surface area contributed by atoms with Crippen LogP contribution in [0, 0.1) is 0 Å². The second-order valence-electron chi connectivity index (χ2n) is 3.98. The van der Waals surface area contributed by atoms with Crippen molar-refractivity contribution < 1.29 is 0 Å². The zero-order chi connectivity index (χ0) is 10.7. The summed E-state index contributed by atoms with van der Waals surface area (Å²) in [6.07, 6.45) is 2.00. The number of hydrogen-bond acceptors (Lipinski definition) is 2. The lowest BCUT2D eigenvalue weighted by atomic mass is 10.1. The highest BCUT2D eigenvalue weighted by molar-refractivity contribution is 5.55. The normalized spacial score (nSPS) is 17.8. The lowest BCUT2D eigenvalue weighted by molar-refractivity contribution is 0.670. The van der Waals surface area contributed by atoms with Gasteiger partial charge in [-0.15, -0.1) is 6.58 Å². The van der Waals surface area contributed by atoms with Gasteiger partial charge in [0.05, 0.1) is 0 Å². The Labute approximate surface area is 91.6 Å². The molecule has 0 saturated carbocycles. The van der Waals surface area contributed by atoms with E-state index in [4.69, 9.17) is 0 Å². The molecule has 15 heavy (non-hydrogen) atoms. The molecule has 1 atom stereocenters. The molecule has 0 spiro atoms. The fourth-order valence-electron chi connectivity index (χ4n) is 2.03. The molecule has 1 unspecified atom stereocenters. The molecule has 0 radical (unpaired) electrons. The highest BCUT2D eigenvalue weighted by atomic mass is 15.2. The van der Waals surface area contributed by atoms with E-state index in [2.05, 4.69) is 48.0 Å². The Balaban J connectivity index is 2.36. The summed E-state index contributed by atoms with van der Waals surface area (Å²) in [5.74, 6) is 0. The van der Waals surface area contributed by atoms with Crippen LogP contribution in [0.25, 0.3) is 0 Å². The van der Waals surface area contributed by atoms with Gasteiger partial charge in [-0.2, -0.15) is 0 Å². The van der Waals surface area contributed by atoms with Crippen LogP contribution in [0.5, 0.6) is 0 Å². The average Bonchev–Trinajstić information content (AvgIpc) is 2.50. The number of rotatable bonds is 2. The van der Waals surface area contributed by atoms with Crippen molar-refractivity contribution in [3.8, 4) is 0 Å². The molecule has 1 aliphatic rings. The summed E-state index contributed by atoms with van der Waals surface area (Å²) in [5, 5.41) is 3.44. The maximum absolute atomic E-state index is 3.88. The summed E-state index contributed by atoms with van der Waals surface area (Å²) in [6.45, 7) is 9.12. The van der Waals surface area contributed by atoms with E-state index < -0.39 is 0 Å². The zero-order valence-corrected chi connectivity index (χ0v) is 9.24. The van der Waals surface area contributed by atoms with Crippen LogP contribution in [0.2, 0.25) is 0 Å². The van der Waals surface area contributed by atoms with Gasteiger partial charge in [-0.25, -0.2) is 0 Å². The maximum atomic E-state index is 3.88. The lowest BCUT2D eigenvalue weighted by Gasteiger charge is -2.29. The van der Waals surface area contributed by atoms with Gasteiger partial charge < -0.3 is 10.2 Å². The Morgan fingerprint density at radius 3 is 3.07 bits per heavy atom. The molecule has 2 heteroatoms. The Morgan fingerprint density at radius 1 is 1.47 bits per heavy atom. The summed E-state index contributed by atoms with van der Waals surface area (Å²) in [7, 11) is 0. The van der Waals surface area contributed by atoms with E-state index in [1.807, 2.05) is 6.08 Å². The molecule has 0 fully saturated rings. The molecule has 0 saturated heterocycles. The van der Waals surface area contributed by atoms with Crippen LogP contribution in [0.15, 0.2) is 36.9 Å². The first-order valence-corrected chi connectivity index (χ1v) is 5.50. The highest BCUT2D eigenvalue weighted by Crippen LogP contribution is 2.24. The highest BCUT2D eigenvalue weighted by Gasteiger charge is 2.16. The fraction of sp³-hybridized carbons (Fsp3) is 0.385. The van der Waals surface area contributed by atoms with Gasteiger partial charge in [0.15, 0.2) is 0 Å². The van der Waals surface area contributed by atoms with Gasteiger partial charge in [-0.3, -0.25) is 0 Å². The molecule has 1 N–H and O–H groups in total. The van der Waals surface area contributed by atoms with Crippen molar-refractivity contribution >= 4 is 5.69 Å². The molecule has 1 heterocycles. The topological polar surface area (TPSA) is 15.3 Å². The van der Waals surface area contributed by atoms with E-state index in [0.29, 0.717) is 6.04 Å². The van der Waals surface area contributed by atoms with Gasteiger partial charge in [0.1, 0.15) is 0 Å². The minimum absolute atomic E-state index is 0.394. The van der Waals surface area contributed by atoms with Gasteiger partial charge in [0, 0.05) is 31.4 Å². The standard InChI is InChI=1S/C13H18N2/c1-3-11(2)15-9-8-14-10-12-6-4-5-7-13(12)15/h3-7,11,14H,1,8-10H2,2H3. The van der Waals surface area contributed by atoms with Gasteiger partial charge in [0.2, 0.25) is 0 Å². The predicted octanol–water partition coefficient (Wildman–Crippen LogP) is 2.17. The Bertz CT molecular complexity index is 346. The zero-order valence-electron chi connectivity index (χ0n) is 9.24. The van der Waals surface area contributed by atoms with Crippen molar-refractivity contribution in [2.24, 2.45) is 0 Å². The number of para-hydroxylation sites is 1. The molecular formula is C13H18N2. The average molecular weight is 202 g/mol. The fourth-order valence-corrected chi connectivity index (χ4v) is 2.03. The van der Waals surface area contributed by atoms with Crippen LogP contribution >= 0.6 is 0 Å². The van der Waals surface area contributed by atoms with Crippen LogP contribution < -0.4 is 10.2 Å². The largest absolute Gasteiger partial charge is 0.364 e. The Morgan fingerprint density at radius 2 is 2.27 bits per heavy atom. The third-order valence-electron chi connectivity index (χ3n) is 2.98. The smallest absolute Gasteiger partial charge is 0.0442 e. The maximum Gasteiger partial charge on any atom is 0.0442 e. The minimum Gasteiger partial charge on any atom is -0.364 e. The van der Waals surface area contributed by atoms with Crippen LogP contribution in [-0.4, -0.2) is 19.1 Å². The first-order valence-electron chi connectivity index (χ1n) is 5.50. The quantitative estimate of drug-likeness (QED) is 0.739. The van der Waals surface area contributed by atoms with Gasteiger partial charge in [0.25, 0.3) is 0 Å². The molecule has 2 rings (SSSR count). The molecule has 0 amide bonds. The first kappa shape index (κ1) is 10.2. The molecular weight excluding hydrogens is 184 g/mol. The SMILES string of the molecule is C=CC(C)N1CCNCc2ccccc21. The second-order valence-corrected chi connectivity index (χ2v) is 3.98. The predicted molar refractivity (Wildman–Crippen MR) is 65.2 cm³/mol. The van der Waals surface area contributed by atoms with Gasteiger partial charge in [-0.05, 0) is 18.6 Å². The van der Waals surface area contributed by atoms with Crippen LogP contribution in [0.1, 0.15) is 12.5 Å². The van der Waals surface area contributed by atoms with Crippen molar-refractivity contribution in [1.29, 1.82) is 0 Å². The van der Waals surface area contributed by atoms with Crippen LogP contribution in [0.3, 0.4) is 0 Å². The van der Waals surface area contributed by atoms with Gasteiger partial charge >= 0.3 is 0 Å². The number of benzene rings is 1. The van der Waals surface area contributed by atoms with E-state index in [-0.39, 0.29) is 0 Å². The van der Waals surface area contributed by atoms with Crippen molar-refractivity contribution in [2.45, 2.75) is 19.5 Å². The molecule has 0 bridgehead atoms. The van der Waals surface area contributed by atoms with Crippen molar-refractivity contribution in [3.05, 3.63) is 42.5 Å². The number of fused-ring (bicyclic) bond motifs is 1. The third-order valence-corrected chi connectivity index (χ3v) is 2.98. The second kappa shape index (κ2) is 4.49. The number of nitrogens with zero attached hydrogens (tertiary/aromatic N) is 1. The van der Waals surface area contributed by atoms with E-state index in [1.165, 1.54) is 11.3 Å². The van der Waals surface area contributed by atoms with E-state index in [1.54, 1.807) is 0 Å². The Kier molecular flexibility index (Phi) is 3.07. The summed E-state index contributed by atoms with van der Waals surface area (Å²) in [4.78, 5) is 2.41. The number of nitrogens with one attached hydrogen (secondary N) is 1. The van der Waals surface area contributed by atoms with E-state index >= 15 is 0 Å². The summed E-state index contributed by atoms with van der Waals surface area (Å²) in [6, 6.07) is 8.99. The monoisotopic (exact) mass is 202 g/mol. The van der Waals surface area contributed by atoms with Crippen molar-refractivity contribution in [1.82, 2.24) is 5.32 Å². The van der Waals surface area contributed by atoms with Crippen LogP contribution in [0.4, 0.5) is 5.69 Å². The molecule has 1 aliphatic heterocycles. The third kappa shape index (κ3) is 2.05. The van der Waals surface area contributed by atoms with Crippen molar-refractivity contribution in [2.75, 3.05) is 18.0 Å². The van der Waals surface area contributed by atoms with E-state index in [0.717, 1.165) is 19.6 Å². The number of hydrogen-bond donors (Lipinski definition) is 1. The molecule has 0 aromatic heterocycles. The minimum atomic E-state index is 0.394.